The molecule has 0 unspecified atom stereocenters. The highest BCUT2D eigenvalue weighted by molar-refractivity contribution is 5.28. The molecule has 0 spiro atoms. The third-order valence-corrected chi connectivity index (χ3v) is 2.85. The second-order valence-corrected chi connectivity index (χ2v) is 4.63. The average molecular weight is 281 g/mol. The number of benzene rings is 1. The summed E-state index contributed by atoms with van der Waals surface area (Å²) in [5, 5.41) is 0. The first-order valence-electron chi connectivity index (χ1n) is 7.44. The Morgan fingerprint density at radius 3 is 2.40 bits per heavy atom. The minimum atomic E-state index is 0.540. The number of hydrogen-bond acceptors (Lipinski definition) is 4. The average Bonchev–Trinajstić information content (AvgIpc) is 2.49. The van der Waals surface area contributed by atoms with Crippen LogP contribution in [0.3, 0.4) is 0 Å². The molecule has 2 N–H and O–H groups in total. The number of ether oxygens (including phenoxy) is 3. The molecule has 0 amide bonds. The molecule has 0 heterocycles. The normalized spacial score (nSPS) is 10.7. The standard InChI is InChI=1S/C16H27NO3/c1-2-3-8-18-11-12-19-9-5-10-20-16-7-4-6-15(13-16)14-17/h4,6-7,13H,2-3,5,8-12,14,17H2,1H3. The highest BCUT2D eigenvalue weighted by Crippen LogP contribution is 2.12. The molecular weight excluding hydrogens is 254 g/mol. The zero-order valence-electron chi connectivity index (χ0n) is 12.5. The summed E-state index contributed by atoms with van der Waals surface area (Å²) in [6, 6.07) is 7.88. The predicted octanol–water partition coefficient (Wildman–Crippen LogP) is 2.75. The van der Waals surface area contributed by atoms with E-state index < -0.39 is 0 Å². The third kappa shape index (κ3) is 8.15. The van der Waals surface area contributed by atoms with E-state index in [0.717, 1.165) is 30.8 Å². The van der Waals surface area contributed by atoms with Crippen LogP contribution in [-0.2, 0) is 16.0 Å². The van der Waals surface area contributed by atoms with Gasteiger partial charge in [-0.15, -0.1) is 0 Å². The SMILES string of the molecule is CCCCOCCOCCCOc1cccc(CN)c1. The highest BCUT2D eigenvalue weighted by atomic mass is 16.5. The lowest BCUT2D eigenvalue weighted by molar-refractivity contribution is 0.0426. The zero-order valence-corrected chi connectivity index (χ0v) is 12.5. The van der Waals surface area contributed by atoms with Gasteiger partial charge in [0, 0.05) is 26.2 Å². The lowest BCUT2D eigenvalue weighted by Gasteiger charge is -2.08. The van der Waals surface area contributed by atoms with E-state index in [0.29, 0.717) is 33.0 Å². The maximum atomic E-state index is 5.64. The minimum absolute atomic E-state index is 0.540. The van der Waals surface area contributed by atoms with E-state index in [2.05, 4.69) is 6.92 Å². The molecule has 0 bridgehead atoms. The van der Waals surface area contributed by atoms with Crippen LogP contribution >= 0.6 is 0 Å². The Morgan fingerprint density at radius 1 is 0.950 bits per heavy atom. The Balaban J connectivity index is 1.94. The van der Waals surface area contributed by atoms with E-state index in [1.54, 1.807) is 0 Å². The van der Waals surface area contributed by atoms with Crippen molar-refractivity contribution in [1.29, 1.82) is 0 Å². The van der Waals surface area contributed by atoms with E-state index in [1.165, 1.54) is 6.42 Å². The van der Waals surface area contributed by atoms with Crippen molar-refractivity contribution in [2.24, 2.45) is 5.73 Å². The molecule has 1 aromatic carbocycles. The second kappa shape index (κ2) is 11.7. The van der Waals surface area contributed by atoms with E-state index in [-0.39, 0.29) is 0 Å². The molecule has 0 saturated heterocycles. The van der Waals surface area contributed by atoms with Gasteiger partial charge >= 0.3 is 0 Å². The Bertz CT molecular complexity index is 344. The van der Waals surface area contributed by atoms with Crippen molar-refractivity contribution in [1.82, 2.24) is 0 Å². The van der Waals surface area contributed by atoms with Gasteiger partial charge in [0.2, 0.25) is 0 Å². The van der Waals surface area contributed by atoms with E-state index >= 15 is 0 Å². The van der Waals surface area contributed by atoms with Gasteiger partial charge in [-0.3, -0.25) is 0 Å². The second-order valence-electron chi connectivity index (χ2n) is 4.63. The summed E-state index contributed by atoms with van der Waals surface area (Å²) in [7, 11) is 0. The monoisotopic (exact) mass is 281 g/mol. The van der Waals surface area contributed by atoms with Crippen LogP contribution < -0.4 is 10.5 Å². The van der Waals surface area contributed by atoms with Crippen molar-refractivity contribution in [2.45, 2.75) is 32.7 Å². The summed E-state index contributed by atoms with van der Waals surface area (Å²) in [5.74, 6) is 0.871. The van der Waals surface area contributed by atoms with Crippen molar-refractivity contribution in [3.05, 3.63) is 29.8 Å². The molecule has 0 saturated carbocycles. The maximum Gasteiger partial charge on any atom is 0.119 e. The molecule has 0 aliphatic rings. The summed E-state index contributed by atoms with van der Waals surface area (Å²) >= 11 is 0. The molecule has 0 radical (unpaired) electrons. The molecule has 0 aliphatic carbocycles. The first-order valence-corrected chi connectivity index (χ1v) is 7.44. The Morgan fingerprint density at radius 2 is 1.70 bits per heavy atom. The molecular formula is C16H27NO3. The lowest BCUT2D eigenvalue weighted by Crippen LogP contribution is -2.08. The van der Waals surface area contributed by atoms with Gasteiger partial charge in [0.25, 0.3) is 0 Å². The summed E-state index contributed by atoms with van der Waals surface area (Å²) in [5.41, 5.74) is 6.67. The van der Waals surface area contributed by atoms with Crippen LogP contribution in [0.4, 0.5) is 0 Å². The molecule has 0 aromatic heterocycles. The van der Waals surface area contributed by atoms with Gasteiger partial charge in [0.05, 0.1) is 19.8 Å². The number of nitrogens with two attached hydrogens (primary N) is 1. The van der Waals surface area contributed by atoms with Crippen LogP contribution in [-0.4, -0.2) is 33.0 Å². The summed E-state index contributed by atoms with van der Waals surface area (Å²) in [6.07, 6.45) is 3.17. The quantitative estimate of drug-likeness (QED) is 0.599. The number of unbranched alkanes of at least 4 members (excludes halogenated alkanes) is 1. The Hall–Kier alpha value is -1.10. The zero-order chi connectivity index (χ0) is 14.5. The van der Waals surface area contributed by atoms with Crippen LogP contribution in [0.1, 0.15) is 31.7 Å². The van der Waals surface area contributed by atoms with E-state index in [9.17, 15) is 0 Å². The minimum Gasteiger partial charge on any atom is -0.493 e. The van der Waals surface area contributed by atoms with Gasteiger partial charge in [-0.2, -0.15) is 0 Å². The van der Waals surface area contributed by atoms with E-state index in [1.807, 2.05) is 24.3 Å². The molecule has 4 heteroatoms. The molecule has 0 atom stereocenters. The topological polar surface area (TPSA) is 53.7 Å². The molecule has 4 nitrogen and oxygen atoms in total. The predicted molar refractivity (Wildman–Crippen MR) is 81.0 cm³/mol. The smallest absolute Gasteiger partial charge is 0.119 e. The Kier molecular flexibility index (Phi) is 9.92. The first kappa shape index (κ1) is 17.0. The summed E-state index contributed by atoms with van der Waals surface area (Å²) in [6.45, 7) is 6.23. The lowest BCUT2D eigenvalue weighted by atomic mass is 10.2. The first-order chi connectivity index (χ1) is 9.86. The van der Waals surface area contributed by atoms with Crippen LogP contribution in [0, 0.1) is 0 Å². The van der Waals surface area contributed by atoms with Crippen molar-refractivity contribution in [2.75, 3.05) is 33.0 Å². The Labute approximate surface area is 122 Å². The number of hydrogen-bond donors (Lipinski definition) is 1. The van der Waals surface area contributed by atoms with Gasteiger partial charge in [-0.25, -0.2) is 0 Å². The highest BCUT2D eigenvalue weighted by Gasteiger charge is 1.96. The summed E-state index contributed by atoms with van der Waals surface area (Å²) in [4.78, 5) is 0. The van der Waals surface area contributed by atoms with Crippen LogP contribution in [0.5, 0.6) is 5.75 Å². The fraction of sp³-hybridized carbons (Fsp3) is 0.625. The molecule has 0 aliphatic heterocycles. The van der Waals surface area contributed by atoms with E-state index in [4.69, 9.17) is 19.9 Å². The van der Waals surface area contributed by atoms with Gasteiger partial charge in [0.1, 0.15) is 5.75 Å². The van der Waals surface area contributed by atoms with Crippen molar-refractivity contribution in [3.63, 3.8) is 0 Å². The third-order valence-electron chi connectivity index (χ3n) is 2.85. The molecule has 114 valence electrons. The van der Waals surface area contributed by atoms with Gasteiger partial charge in [0.15, 0.2) is 0 Å². The summed E-state index contributed by atoms with van der Waals surface area (Å²) < 4.78 is 16.5. The van der Waals surface area contributed by atoms with Crippen LogP contribution in [0.25, 0.3) is 0 Å². The maximum absolute atomic E-state index is 5.64. The fourth-order valence-electron chi connectivity index (χ4n) is 1.68. The van der Waals surface area contributed by atoms with Gasteiger partial charge < -0.3 is 19.9 Å². The molecule has 1 rings (SSSR count). The van der Waals surface area contributed by atoms with Crippen LogP contribution in [0.2, 0.25) is 0 Å². The van der Waals surface area contributed by atoms with Crippen molar-refractivity contribution in [3.8, 4) is 5.75 Å². The molecule has 0 fully saturated rings. The largest absolute Gasteiger partial charge is 0.493 e. The van der Waals surface area contributed by atoms with Crippen molar-refractivity contribution < 1.29 is 14.2 Å². The van der Waals surface area contributed by atoms with Gasteiger partial charge in [-0.1, -0.05) is 25.5 Å². The molecule has 1 aromatic rings. The number of rotatable bonds is 12. The van der Waals surface area contributed by atoms with Crippen molar-refractivity contribution >= 4 is 0 Å². The van der Waals surface area contributed by atoms with Gasteiger partial charge in [-0.05, 0) is 24.1 Å². The molecule has 20 heavy (non-hydrogen) atoms. The van der Waals surface area contributed by atoms with Crippen LogP contribution in [0.15, 0.2) is 24.3 Å². The fourth-order valence-corrected chi connectivity index (χ4v) is 1.68.